The number of nitrogens with zero attached hydrogens (tertiary/aromatic N) is 2. The molecule has 0 aliphatic rings. The predicted molar refractivity (Wildman–Crippen MR) is 69.6 cm³/mol. The quantitative estimate of drug-likeness (QED) is 0.895. The van der Waals surface area contributed by atoms with Crippen LogP contribution in [0.25, 0.3) is 0 Å². The van der Waals surface area contributed by atoms with Crippen LogP contribution < -0.4 is 5.32 Å². The van der Waals surface area contributed by atoms with Gasteiger partial charge < -0.3 is 10.4 Å². The molecule has 0 aliphatic carbocycles. The van der Waals surface area contributed by atoms with E-state index in [0.717, 1.165) is 11.4 Å². The molecule has 1 heterocycles. The third-order valence-electron chi connectivity index (χ3n) is 2.49. The maximum Gasteiger partial charge on any atom is 0.337 e. The molecular formula is C12H12ClN3O2. The van der Waals surface area contributed by atoms with E-state index in [1.165, 1.54) is 6.07 Å². The molecule has 5 nitrogen and oxygen atoms in total. The second-order valence-corrected chi connectivity index (χ2v) is 4.36. The van der Waals surface area contributed by atoms with Gasteiger partial charge in [-0.15, -0.1) is 0 Å². The van der Waals surface area contributed by atoms with Crippen LogP contribution in [0.15, 0.2) is 24.4 Å². The van der Waals surface area contributed by atoms with Gasteiger partial charge in [0.2, 0.25) is 0 Å². The summed E-state index contributed by atoms with van der Waals surface area (Å²) >= 11 is 5.79. The van der Waals surface area contributed by atoms with Gasteiger partial charge in [-0.2, -0.15) is 5.10 Å². The summed E-state index contributed by atoms with van der Waals surface area (Å²) in [5.41, 5.74) is 2.18. The molecule has 0 spiro atoms. The Bertz CT molecular complexity index is 607. The molecule has 1 aromatic carbocycles. The summed E-state index contributed by atoms with van der Waals surface area (Å²) in [7, 11) is 1.80. The highest BCUT2D eigenvalue weighted by molar-refractivity contribution is 6.31. The van der Waals surface area contributed by atoms with Gasteiger partial charge in [-0.25, -0.2) is 4.79 Å². The maximum absolute atomic E-state index is 11.1. The fourth-order valence-electron chi connectivity index (χ4n) is 1.67. The van der Waals surface area contributed by atoms with Gasteiger partial charge >= 0.3 is 5.97 Å². The first kappa shape index (κ1) is 12.4. The number of carboxylic acids is 1. The van der Waals surface area contributed by atoms with Crippen molar-refractivity contribution in [1.29, 1.82) is 0 Å². The first-order valence-electron chi connectivity index (χ1n) is 5.27. The van der Waals surface area contributed by atoms with Crippen LogP contribution in [-0.2, 0) is 7.05 Å². The molecule has 18 heavy (non-hydrogen) atoms. The van der Waals surface area contributed by atoms with Crippen molar-refractivity contribution in [3.05, 3.63) is 40.7 Å². The van der Waals surface area contributed by atoms with Gasteiger partial charge in [-0.3, -0.25) is 4.68 Å². The number of hydrogen-bond donors (Lipinski definition) is 2. The summed E-state index contributed by atoms with van der Waals surface area (Å²) in [6, 6.07) is 4.69. The Morgan fingerprint density at radius 1 is 1.44 bits per heavy atom. The molecule has 2 N–H and O–H groups in total. The number of aromatic nitrogens is 2. The first-order chi connectivity index (χ1) is 8.47. The molecule has 0 fully saturated rings. The van der Waals surface area contributed by atoms with Crippen molar-refractivity contribution in [2.45, 2.75) is 6.92 Å². The van der Waals surface area contributed by atoms with Crippen molar-refractivity contribution in [2.24, 2.45) is 7.05 Å². The highest BCUT2D eigenvalue weighted by Gasteiger charge is 2.12. The molecule has 0 aliphatic heterocycles. The van der Waals surface area contributed by atoms with Gasteiger partial charge in [-0.1, -0.05) is 11.6 Å². The van der Waals surface area contributed by atoms with Gasteiger partial charge in [0.1, 0.15) is 0 Å². The number of aromatic carboxylic acids is 1. The SMILES string of the molecule is Cc1nn(C)cc1Nc1ccc(Cl)cc1C(=O)O. The van der Waals surface area contributed by atoms with Crippen molar-refractivity contribution in [1.82, 2.24) is 9.78 Å². The summed E-state index contributed by atoms with van der Waals surface area (Å²) in [6.45, 7) is 1.85. The summed E-state index contributed by atoms with van der Waals surface area (Å²) < 4.78 is 1.66. The standard InChI is InChI=1S/C12H12ClN3O2/c1-7-11(6-16(2)15-7)14-10-4-3-8(13)5-9(10)12(17)18/h3-6,14H,1-2H3,(H,17,18). The first-order valence-corrected chi connectivity index (χ1v) is 5.65. The normalized spacial score (nSPS) is 10.4. The highest BCUT2D eigenvalue weighted by Crippen LogP contribution is 2.25. The lowest BCUT2D eigenvalue weighted by Gasteiger charge is -2.08. The lowest BCUT2D eigenvalue weighted by atomic mass is 10.1. The molecule has 0 atom stereocenters. The lowest BCUT2D eigenvalue weighted by molar-refractivity contribution is 0.0698. The van der Waals surface area contributed by atoms with Gasteiger partial charge in [0.15, 0.2) is 0 Å². The van der Waals surface area contributed by atoms with Crippen LogP contribution in [0.2, 0.25) is 5.02 Å². The van der Waals surface area contributed by atoms with E-state index in [0.29, 0.717) is 10.7 Å². The van der Waals surface area contributed by atoms with Crippen molar-refractivity contribution < 1.29 is 9.90 Å². The Labute approximate surface area is 109 Å². The number of carboxylic acid groups (broad SMARTS) is 1. The number of rotatable bonds is 3. The van der Waals surface area contributed by atoms with E-state index in [-0.39, 0.29) is 5.56 Å². The van der Waals surface area contributed by atoms with E-state index in [4.69, 9.17) is 16.7 Å². The third-order valence-corrected chi connectivity index (χ3v) is 2.73. The average molecular weight is 266 g/mol. The number of carbonyl (C=O) groups is 1. The van der Waals surface area contributed by atoms with Crippen LogP contribution in [0, 0.1) is 6.92 Å². The molecule has 0 saturated heterocycles. The van der Waals surface area contributed by atoms with E-state index in [9.17, 15) is 4.79 Å². The lowest BCUT2D eigenvalue weighted by Crippen LogP contribution is -2.02. The molecule has 0 bridgehead atoms. The molecule has 0 amide bonds. The van der Waals surface area contributed by atoms with Crippen molar-refractivity contribution >= 4 is 28.9 Å². The maximum atomic E-state index is 11.1. The zero-order valence-corrected chi connectivity index (χ0v) is 10.7. The summed E-state index contributed by atoms with van der Waals surface area (Å²) in [6.07, 6.45) is 1.79. The topological polar surface area (TPSA) is 67.2 Å². The van der Waals surface area contributed by atoms with Crippen molar-refractivity contribution in [3.63, 3.8) is 0 Å². The largest absolute Gasteiger partial charge is 0.478 e. The van der Waals surface area contributed by atoms with Crippen molar-refractivity contribution in [3.8, 4) is 0 Å². The minimum Gasteiger partial charge on any atom is -0.478 e. The van der Waals surface area contributed by atoms with Crippen LogP contribution in [-0.4, -0.2) is 20.9 Å². The predicted octanol–water partition coefficient (Wildman–Crippen LogP) is 2.82. The van der Waals surface area contributed by atoms with Gasteiger partial charge in [0.05, 0.1) is 22.6 Å². The van der Waals surface area contributed by atoms with Crippen LogP contribution >= 0.6 is 11.6 Å². The van der Waals surface area contributed by atoms with Gasteiger partial charge in [-0.05, 0) is 25.1 Å². The van der Waals surface area contributed by atoms with E-state index in [1.54, 1.807) is 30.1 Å². The second kappa shape index (κ2) is 4.70. The highest BCUT2D eigenvalue weighted by atomic mass is 35.5. The zero-order valence-electron chi connectivity index (χ0n) is 9.94. The number of benzene rings is 1. The van der Waals surface area contributed by atoms with Crippen molar-refractivity contribution in [2.75, 3.05) is 5.32 Å². The molecular weight excluding hydrogens is 254 g/mol. The Morgan fingerprint density at radius 3 is 2.72 bits per heavy atom. The Kier molecular flexibility index (Phi) is 3.25. The van der Waals surface area contributed by atoms with Gasteiger partial charge in [0, 0.05) is 18.3 Å². The third kappa shape index (κ3) is 2.46. The number of hydrogen-bond acceptors (Lipinski definition) is 3. The van der Waals surface area contributed by atoms with E-state index in [1.807, 2.05) is 6.92 Å². The summed E-state index contributed by atoms with van der Waals surface area (Å²) in [4.78, 5) is 11.1. The zero-order chi connectivity index (χ0) is 13.3. The fourth-order valence-corrected chi connectivity index (χ4v) is 1.84. The summed E-state index contributed by atoms with van der Waals surface area (Å²) in [5, 5.41) is 16.7. The van der Waals surface area contributed by atoms with Crippen LogP contribution in [0.5, 0.6) is 0 Å². The average Bonchev–Trinajstić information content (AvgIpc) is 2.60. The van der Waals surface area contributed by atoms with E-state index < -0.39 is 5.97 Å². The molecule has 0 radical (unpaired) electrons. The van der Waals surface area contributed by atoms with Crippen LogP contribution in [0.3, 0.4) is 0 Å². The fraction of sp³-hybridized carbons (Fsp3) is 0.167. The van der Waals surface area contributed by atoms with Crippen LogP contribution in [0.4, 0.5) is 11.4 Å². The molecule has 6 heteroatoms. The minimum atomic E-state index is -1.03. The minimum absolute atomic E-state index is 0.130. The number of halogens is 1. The molecule has 1 aromatic heterocycles. The van der Waals surface area contributed by atoms with E-state index in [2.05, 4.69) is 10.4 Å². The number of nitrogens with one attached hydrogen (secondary N) is 1. The smallest absolute Gasteiger partial charge is 0.337 e. The molecule has 0 unspecified atom stereocenters. The number of aryl methyl sites for hydroxylation is 2. The van der Waals surface area contributed by atoms with Gasteiger partial charge in [0.25, 0.3) is 0 Å². The molecule has 2 rings (SSSR count). The molecule has 2 aromatic rings. The molecule has 0 saturated carbocycles. The Morgan fingerprint density at radius 2 is 2.17 bits per heavy atom. The Hall–Kier alpha value is -2.01. The van der Waals surface area contributed by atoms with Crippen LogP contribution in [0.1, 0.15) is 16.1 Å². The Balaban J connectivity index is 2.40. The molecule has 94 valence electrons. The van der Waals surface area contributed by atoms with E-state index >= 15 is 0 Å². The second-order valence-electron chi connectivity index (χ2n) is 3.92. The summed E-state index contributed by atoms with van der Waals surface area (Å²) in [5.74, 6) is -1.03. The monoisotopic (exact) mass is 265 g/mol. The number of anilines is 2.